The Morgan fingerprint density at radius 3 is 2.84 bits per heavy atom. The highest BCUT2D eigenvalue weighted by molar-refractivity contribution is 4.79. The predicted molar refractivity (Wildman–Crippen MR) is 81.7 cm³/mol. The summed E-state index contributed by atoms with van der Waals surface area (Å²) in [6.07, 6.45) is 4.05. The van der Waals surface area contributed by atoms with Gasteiger partial charge in [-0.2, -0.15) is 0 Å². The summed E-state index contributed by atoms with van der Waals surface area (Å²) in [5.41, 5.74) is 0. The third-order valence-corrected chi connectivity index (χ3v) is 3.71. The molecule has 1 aliphatic heterocycles. The van der Waals surface area contributed by atoms with E-state index in [1.165, 1.54) is 25.8 Å². The molecule has 1 saturated heterocycles. The van der Waals surface area contributed by atoms with Crippen LogP contribution in [0.1, 0.15) is 40.0 Å². The van der Waals surface area contributed by atoms with Crippen molar-refractivity contribution in [3.63, 3.8) is 0 Å². The lowest BCUT2D eigenvalue weighted by Crippen LogP contribution is -2.47. The Morgan fingerprint density at radius 1 is 1.26 bits per heavy atom. The zero-order valence-corrected chi connectivity index (χ0v) is 13.1. The average Bonchev–Trinajstić information content (AvgIpc) is 2.41. The second-order valence-corrected chi connectivity index (χ2v) is 5.71. The molecule has 1 heterocycles. The minimum absolute atomic E-state index is 0.583. The van der Waals surface area contributed by atoms with Gasteiger partial charge in [0.15, 0.2) is 0 Å². The van der Waals surface area contributed by atoms with Gasteiger partial charge in [0.05, 0.1) is 13.2 Å². The van der Waals surface area contributed by atoms with Crippen LogP contribution in [-0.2, 0) is 4.74 Å². The molecule has 0 aromatic rings. The maximum atomic E-state index is 5.69. The van der Waals surface area contributed by atoms with Gasteiger partial charge in [0.1, 0.15) is 0 Å². The lowest BCUT2D eigenvalue weighted by atomic mass is 10.0. The maximum Gasteiger partial charge on any atom is 0.0594 e. The first-order chi connectivity index (χ1) is 9.24. The molecule has 114 valence electrons. The number of likely N-dealkylation sites (tertiary alicyclic amines) is 1. The molecule has 0 spiro atoms. The van der Waals surface area contributed by atoms with E-state index in [0.29, 0.717) is 12.1 Å². The predicted octanol–water partition coefficient (Wildman–Crippen LogP) is 1.47. The van der Waals surface area contributed by atoms with Gasteiger partial charge in [-0.3, -0.25) is 4.90 Å². The van der Waals surface area contributed by atoms with Crippen molar-refractivity contribution in [2.24, 2.45) is 0 Å². The summed E-state index contributed by atoms with van der Waals surface area (Å²) in [6, 6.07) is 1.29. The molecule has 4 heteroatoms. The molecule has 0 saturated carbocycles. The lowest BCUT2D eigenvalue weighted by Gasteiger charge is -2.36. The number of nitrogens with zero attached hydrogens (tertiary/aromatic N) is 1. The van der Waals surface area contributed by atoms with Crippen molar-refractivity contribution in [2.75, 3.05) is 45.9 Å². The molecule has 0 aromatic carbocycles. The van der Waals surface area contributed by atoms with Crippen LogP contribution in [0.3, 0.4) is 0 Å². The monoisotopic (exact) mass is 271 g/mol. The molecular formula is C15H33N3O. The summed E-state index contributed by atoms with van der Waals surface area (Å²) in [7, 11) is 0. The Hall–Kier alpha value is -0.160. The standard InChI is InChI=1S/C15H33N3O/c1-4-16-8-11-19-12-10-18-9-6-5-7-15(18)13-17-14(2)3/h14-17H,4-13H2,1-3H3. The van der Waals surface area contributed by atoms with Crippen molar-refractivity contribution in [1.29, 1.82) is 0 Å². The first-order valence-corrected chi connectivity index (χ1v) is 8.00. The quantitative estimate of drug-likeness (QED) is 0.590. The van der Waals surface area contributed by atoms with Gasteiger partial charge in [0.2, 0.25) is 0 Å². The molecule has 1 rings (SSSR count). The van der Waals surface area contributed by atoms with Crippen molar-refractivity contribution >= 4 is 0 Å². The fourth-order valence-electron chi connectivity index (χ4n) is 2.56. The van der Waals surface area contributed by atoms with Crippen LogP contribution in [0.2, 0.25) is 0 Å². The zero-order chi connectivity index (χ0) is 13.9. The van der Waals surface area contributed by atoms with E-state index in [2.05, 4.69) is 36.3 Å². The minimum Gasteiger partial charge on any atom is -0.379 e. The van der Waals surface area contributed by atoms with Gasteiger partial charge in [0, 0.05) is 31.7 Å². The highest BCUT2D eigenvalue weighted by atomic mass is 16.5. The number of likely N-dealkylation sites (N-methyl/N-ethyl adjacent to an activating group) is 1. The van der Waals surface area contributed by atoms with Crippen LogP contribution >= 0.6 is 0 Å². The Kier molecular flexibility index (Phi) is 9.43. The zero-order valence-electron chi connectivity index (χ0n) is 13.1. The Balaban J connectivity index is 2.13. The van der Waals surface area contributed by atoms with E-state index in [9.17, 15) is 0 Å². The molecule has 4 nitrogen and oxygen atoms in total. The second kappa shape index (κ2) is 10.6. The number of hydrogen-bond donors (Lipinski definition) is 2. The SMILES string of the molecule is CCNCCOCCN1CCCCC1CNC(C)C. The van der Waals surface area contributed by atoms with E-state index in [-0.39, 0.29) is 0 Å². The van der Waals surface area contributed by atoms with E-state index in [4.69, 9.17) is 4.74 Å². The molecule has 1 aliphatic rings. The van der Waals surface area contributed by atoms with Gasteiger partial charge in [-0.1, -0.05) is 27.2 Å². The van der Waals surface area contributed by atoms with Crippen molar-refractivity contribution < 1.29 is 4.74 Å². The van der Waals surface area contributed by atoms with Crippen LogP contribution in [-0.4, -0.2) is 62.9 Å². The molecular weight excluding hydrogens is 238 g/mol. The Morgan fingerprint density at radius 2 is 2.11 bits per heavy atom. The van der Waals surface area contributed by atoms with E-state index >= 15 is 0 Å². The van der Waals surface area contributed by atoms with E-state index in [1.807, 2.05) is 0 Å². The second-order valence-electron chi connectivity index (χ2n) is 5.71. The summed E-state index contributed by atoms with van der Waals surface area (Å²) in [4.78, 5) is 2.60. The highest BCUT2D eigenvalue weighted by Gasteiger charge is 2.21. The minimum atomic E-state index is 0.583. The van der Waals surface area contributed by atoms with Gasteiger partial charge >= 0.3 is 0 Å². The van der Waals surface area contributed by atoms with Crippen LogP contribution in [0.5, 0.6) is 0 Å². The van der Waals surface area contributed by atoms with Crippen LogP contribution in [0.4, 0.5) is 0 Å². The topological polar surface area (TPSA) is 36.5 Å². The fraction of sp³-hybridized carbons (Fsp3) is 1.00. The number of ether oxygens (including phenoxy) is 1. The fourth-order valence-corrected chi connectivity index (χ4v) is 2.56. The van der Waals surface area contributed by atoms with E-state index in [0.717, 1.165) is 39.4 Å². The molecule has 2 N–H and O–H groups in total. The van der Waals surface area contributed by atoms with Crippen molar-refractivity contribution in [3.8, 4) is 0 Å². The smallest absolute Gasteiger partial charge is 0.0594 e. The molecule has 0 amide bonds. The summed E-state index contributed by atoms with van der Waals surface area (Å²) >= 11 is 0. The maximum absolute atomic E-state index is 5.69. The van der Waals surface area contributed by atoms with Gasteiger partial charge < -0.3 is 15.4 Å². The van der Waals surface area contributed by atoms with Gasteiger partial charge in [-0.25, -0.2) is 0 Å². The first-order valence-electron chi connectivity index (χ1n) is 8.00. The summed E-state index contributed by atoms with van der Waals surface area (Å²) < 4.78 is 5.69. The normalized spacial score (nSPS) is 21.2. The number of hydrogen-bond acceptors (Lipinski definition) is 4. The lowest BCUT2D eigenvalue weighted by molar-refractivity contribution is 0.0721. The van der Waals surface area contributed by atoms with Crippen molar-refractivity contribution in [3.05, 3.63) is 0 Å². The van der Waals surface area contributed by atoms with Gasteiger partial charge in [-0.05, 0) is 25.9 Å². The Labute approximate surface area is 119 Å². The average molecular weight is 271 g/mol. The number of nitrogens with one attached hydrogen (secondary N) is 2. The van der Waals surface area contributed by atoms with Gasteiger partial charge in [-0.15, -0.1) is 0 Å². The van der Waals surface area contributed by atoms with Crippen molar-refractivity contribution in [1.82, 2.24) is 15.5 Å². The molecule has 0 aromatic heterocycles. The molecule has 0 aliphatic carbocycles. The van der Waals surface area contributed by atoms with Crippen LogP contribution in [0.15, 0.2) is 0 Å². The highest BCUT2D eigenvalue weighted by Crippen LogP contribution is 2.16. The van der Waals surface area contributed by atoms with E-state index in [1.54, 1.807) is 0 Å². The third kappa shape index (κ3) is 7.88. The van der Waals surface area contributed by atoms with Crippen LogP contribution in [0.25, 0.3) is 0 Å². The molecule has 1 unspecified atom stereocenters. The van der Waals surface area contributed by atoms with Crippen LogP contribution in [0, 0.1) is 0 Å². The number of rotatable bonds is 10. The molecule has 0 radical (unpaired) electrons. The summed E-state index contributed by atoms with van der Waals surface area (Å²) in [5.74, 6) is 0. The molecule has 1 atom stereocenters. The largest absolute Gasteiger partial charge is 0.379 e. The summed E-state index contributed by atoms with van der Waals surface area (Å²) in [5, 5.41) is 6.85. The molecule has 0 bridgehead atoms. The first kappa shape index (κ1) is 16.9. The van der Waals surface area contributed by atoms with Crippen LogP contribution < -0.4 is 10.6 Å². The number of piperidine rings is 1. The van der Waals surface area contributed by atoms with Crippen molar-refractivity contribution in [2.45, 2.75) is 52.1 Å². The molecule has 19 heavy (non-hydrogen) atoms. The van der Waals surface area contributed by atoms with Gasteiger partial charge in [0.25, 0.3) is 0 Å². The Bertz CT molecular complexity index is 212. The third-order valence-electron chi connectivity index (χ3n) is 3.71. The molecule has 1 fully saturated rings. The summed E-state index contributed by atoms with van der Waals surface area (Å²) in [6.45, 7) is 13.7. The van der Waals surface area contributed by atoms with E-state index < -0.39 is 0 Å².